The Morgan fingerprint density at radius 2 is 1.55 bits per heavy atom. The van der Waals surface area contributed by atoms with Gasteiger partial charge in [-0.25, -0.2) is 4.79 Å². The summed E-state index contributed by atoms with van der Waals surface area (Å²) in [7, 11) is 0. The van der Waals surface area contributed by atoms with E-state index < -0.39 is 0 Å². The van der Waals surface area contributed by atoms with Crippen molar-refractivity contribution < 1.29 is 9.59 Å². The van der Waals surface area contributed by atoms with Gasteiger partial charge in [0.2, 0.25) is 5.91 Å². The van der Waals surface area contributed by atoms with Gasteiger partial charge in [0.1, 0.15) is 0 Å². The van der Waals surface area contributed by atoms with Gasteiger partial charge < -0.3 is 15.5 Å². The molecule has 0 aromatic heterocycles. The van der Waals surface area contributed by atoms with Gasteiger partial charge in [-0.15, -0.1) is 0 Å². The minimum atomic E-state index is -0.00220. The Kier molecular flexibility index (Phi) is 6.52. The van der Waals surface area contributed by atoms with E-state index in [1.165, 1.54) is 25.7 Å². The number of likely N-dealkylation sites (tertiary alicyclic amines) is 1. The van der Waals surface area contributed by atoms with Crippen LogP contribution in [0.25, 0.3) is 0 Å². The molecule has 2 fully saturated rings. The van der Waals surface area contributed by atoms with Crippen molar-refractivity contribution in [2.24, 2.45) is 5.92 Å². The number of piperidine rings is 1. The number of amides is 3. The van der Waals surface area contributed by atoms with Crippen LogP contribution in [0.3, 0.4) is 0 Å². The minimum Gasteiger partial charge on any atom is -0.353 e. The van der Waals surface area contributed by atoms with Crippen LogP contribution in [-0.4, -0.2) is 42.0 Å². The van der Waals surface area contributed by atoms with Crippen LogP contribution in [0, 0.1) is 5.92 Å². The summed E-state index contributed by atoms with van der Waals surface area (Å²) < 4.78 is 0. The molecule has 1 saturated heterocycles. The predicted octanol–water partition coefficient (Wildman–Crippen LogP) is 2.66. The Morgan fingerprint density at radius 3 is 2.09 bits per heavy atom. The molecule has 22 heavy (non-hydrogen) atoms. The molecule has 1 heterocycles. The van der Waals surface area contributed by atoms with Gasteiger partial charge in [0.15, 0.2) is 0 Å². The Labute approximate surface area is 134 Å². The number of carbonyl (C=O) groups excluding carboxylic acids is 2. The summed E-state index contributed by atoms with van der Waals surface area (Å²) in [5, 5.41) is 6.16. The normalized spacial score (nSPS) is 21.5. The average Bonchev–Trinajstić information content (AvgIpc) is 2.75. The van der Waals surface area contributed by atoms with E-state index in [0.717, 1.165) is 25.7 Å². The molecule has 126 valence electrons. The molecule has 0 aromatic rings. The molecular weight excluding hydrogens is 278 g/mol. The van der Waals surface area contributed by atoms with Crippen molar-refractivity contribution in [1.29, 1.82) is 0 Å². The number of hydrogen-bond donors (Lipinski definition) is 2. The van der Waals surface area contributed by atoms with Gasteiger partial charge in [-0.3, -0.25) is 4.79 Å². The average molecular weight is 309 g/mol. The van der Waals surface area contributed by atoms with Crippen LogP contribution in [0.15, 0.2) is 0 Å². The summed E-state index contributed by atoms with van der Waals surface area (Å²) in [6.07, 6.45) is 8.89. The lowest BCUT2D eigenvalue weighted by molar-refractivity contribution is -0.127. The Balaban J connectivity index is 1.73. The van der Waals surface area contributed by atoms with Crippen LogP contribution in [-0.2, 0) is 4.79 Å². The highest BCUT2D eigenvalue weighted by molar-refractivity contribution is 5.80. The minimum absolute atomic E-state index is 0.00220. The summed E-state index contributed by atoms with van der Waals surface area (Å²) in [4.78, 5) is 26.2. The highest BCUT2D eigenvalue weighted by atomic mass is 16.2. The first-order valence-corrected chi connectivity index (χ1v) is 8.92. The molecule has 0 unspecified atom stereocenters. The molecule has 0 bridgehead atoms. The van der Waals surface area contributed by atoms with Crippen molar-refractivity contribution in [3.8, 4) is 0 Å². The van der Waals surface area contributed by atoms with Gasteiger partial charge in [-0.2, -0.15) is 0 Å². The maximum Gasteiger partial charge on any atom is 0.317 e. The number of nitrogens with zero attached hydrogens (tertiary/aromatic N) is 1. The monoisotopic (exact) mass is 309 g/mol. The number of hydrogen-bond acceptors (Lipinski definition) is 2. The van der Waals surface area contributed by atoms with Gasteiger partial charge in [0.05, 0.1) is 0 Å². The van der Waals surface area contributed by atoms with Crippen LogP contribution < -0.4 is 10.6 Å². The second-order valence-electron chi connectivity index (χ2n) is 7.06. The first-order valence-electron chi connectivity index (χ1n) is 8.92. The largest absolute Gasteiger partial charge is 0.353 e. The number of nitrogens with one attached hydrogen (secondary N) is 2. The van der Waals surface area contributed by atoms with E-state index >= 15 is 0 Å². The summed E-state index contributed by atoms with van der Waals surface area (Å²) in [5.74, 6) is 0.280. The lowest BCUT2D eigenvalue weighted by Crippen LogP contribution is -2.49. The second kappa shape index (κ2) is 8.39. The molecule has 0 atom stereocenters. The molecule has 0 radical (unpaired) electrons. The molecule has 2 rings (SSSR count). The zero-order valence-corrected chi connectivity index (χ0v) is 14.1. The van der Waals surface area contributed by atoms with Crippen LogP contribution in [0.2, 0.25) is 0 Å². The van der Waals surface area contributed by atoms with Crippen LogP contribution >= 0.6 is 0 Å². The van der Waals surface area contributed by atoms with Crippen LogP contribution in [0.1, 0.15) is 65.2 Å². The molecule has 1 aliphatic heterocycles. The van der Waals surface area contributed by atoms with E-state index in [9.17, 15) is 9.59 Å². The van der Waals surface area contributed by atoms with E-state index in [0.29, 0.717) is 19.1 Å². The smallest absolute Gasteiger partial charge is 0.317 e. The van der Waals surface area contributed by atoms with E-state index in [-0.39, 0.29) is 23.9 Å². The molecule has 5 heteroatoms. The first-order chi connectivity index (χ1) is 10.6. The highest BCUT2D eigenvalue weighted by Crippen LogP contribution is 2.21. The first kappa shape index (κ1) is 17.1. The zero-order chi connectivity index (χ0) is 15.9. The zero-order valence-electron chi connectivity index (χ0n) is 14.1. The van der Waals surface area contributed by atoms with Crippen molar-refractivity contribution in [2.75, 3.05) is 13.1 Å². The van der Waals surface area contributed by atoms with Gasteiger partial charge >= 0.3 is 6.03 Å². The second-order valence-corrected chi connectivity index (χ2v) is 7.06. The molecular formula is C17H31N3O2. The Hall–Kier alpha value is -1.26. The third-order valence-corrected chi connectivity index (χ3v) is 4.77. The van der Waals surface area contributed by atoms with Crippen molar-refractivity contribution in [3.63, 3.8) is 0 Å². The van der Waals surface area contributed by atoms with Gasteiger partial charge in [-0.05, 0) is 39.5 Å². The summed E-state index contributed by atoms with van der Waals surface area (Å²) in [6.45, 7) is 5.29. The maximum absolute atomic E-state index is 12.4. The molecule has 0 aromatic carbocycles. The molecule has 1 saturated carbocycles. The third-order valence-electron chi connectivity index (χ3n) is 4.77. The molecule has 5 nitrogen and oxygen atoms in total. The van der Waals surface area contributed by atoms with Gasteiger partial charge in [0.25, 0.3) is 0 Å². The molecule has 2 aliphatic rings. The lowest BCUT2D eigenvalue weighted by atomic mass is 9.95. The Morgan fingerprint density at radius 1 is 0.955 bits per heavy atom. The number of carbonyl (C=O) groups is 2. The van der Waals surface area contributed by atoms with Crippen molar-refractivity contribution in [3.05, 3.63) is 0 Å². The molecule has 1 aliphatic carbocycles. The van der Waals surface area contributed by atoms with E-state index in [1.807, 2.05) is 18.7 Å². The third kappa shape index (κ3) is 5.18. The van der Waals surface area contributed by atoms with Crippen molar-refractivity contribution in [2.45, 2.75) is 77.3 Å². The number of rotatable bonds is 3. The van der Waals surface area contributed by atoms with Crippen molar-refractivity contribution in [1.82, 2.24) is 15.5 Å². The highest BCUT2D eigenvalue weighted by Gasteiger charge is 2.28. The quantitative estimate of drug-likeness (QED) is 0.787. The predicted molar refractivity (Wildman–Crippen MR) is 87.6 cm³/mol. The summed E-state index contributed by atoms with van der Waals surface area (Å²) >= 11 is 0. The maximum atomic E-state index is 12.4. The van der Waals surface area contributed by atoms with E-state index in [4.69, 9.17) is 0 Å². The molecule has 2 N–H and O–H groups in total. The fraction of sp³-hybridized carbons (Fsp3) is 0.882. The fourth-order valence-electron chi connectivity index (χ4n) is 3.43. The van der Waals surface area contributed by atoms with E-state index in [2.05, 4.69) is 10.6 Å². The van der Waals surface area contributed by atoms with E-state index in [1.54, 1.807) is 0 Å². The van der Waals surface area contributed by atoms with Gasteiger partial charge in [0, 0.05) is 31.1 Å². The standard InChI is InChI=1S/C17H31N3O2/c1-13(2)18-17(22)20-11-9-14(10-12-20)16(21)19-15-7-5-3-4-6-8-15/h13-15H,3-12H2,1-2H3,(H,18,22)(H,19,21). The van der Waals surface area contributed by atoms with Crippen molar-refractivity contribution >= 4 is 11.9 Å². The van der Waals surface area contributed by atoms with Crippen LogP contribution in [0.5, 0.6) is 0 Å². The SMILES string of the molecule is CC(C)NC(=O)N1CCC(C(=O)NC2CCCCCC2)CC1. The number of urea groups is 1. The molecule has 3 amide bonds. The fourth-order valence-corrected chi connectivity index (χ4v) is 3.43. The van der Waals surface area contributed by atoms with Gasteiger partial charge in [-0.1, -0.05) is 25.7 Å². The topological polar surface area (TPSA) is 61.4 Å². The lowest BCUT2D eigenvalue weighted by Gasteiger charge is -2.32. The van der Waals surface area contributed by atoms with Crippen LogP contribution in [0.4, 0.5) is 4.79 Å². The summed E-state index contributed by atoms with van der Waals surface area (Å²) in [6, 6.07) is 0.527. The Bertz CT molecular complexity index is 368. The summed E-state index contributed by atoms with van der Waals surface area (Å²) in [5.41, 5.74) is 0. The molecule has 0 spiro atoms.